The molecule has 74 valence electrons. The van der Waals surface area contributed by atoms with Crippen LogP contribution in [0.1, 0.15) is 17.5 Å². The summed E-state index contributed by atoms with van der Waals surface area (Å²) in [6, 6.07) is 6.94. The largest absolute Gasteiger partial charge is 0.372 e. The highest BCUT2D eigenvalue weighted by Crippen LogP contribution is 2.29. The van der Waals surface area contributed by atoms with Crippen molar-refractivity contribution < 1.29 is 4.74 Å². The van der Waals surface area contributed by atoms with Crippen LogP contribution in [0.2, 0.25) is 0 Å². The van der Waals surface area contributed by atoms with E-state index < -0.39 is 0 Å². The van der Waals surface area contributed by atoms with Crippen LogP contribution in [-0.4, -0.2) is 18.5 Å². The lowest BCUT2D eigenvalue weighted by Gasteiger charge is -2.03. The maximum absolute atomic E-state index is 5.20. The lowest BCUT2D eigenvalue weighted by atomic mass is 10.1. The topological polar surface area (TPSA) is 12.5 Å². The quantitative estimate of drug-likeness (QED) is 0.557. The van der Waals surface area contributed by atoms with Gasteiger partial charge in [0.2, 0.25) is 0 Å². The molecule has 0 amide bonds. The Kier molecular flexibility index (Phi) is 2.26. The summed E-state index contributed by atoms with van der Waals surface area (Å²) >= 11 is 1.93. The Morgan fingerprint density at radius 1 is 1.29 bits per heavy atom. The Labute approximate surface area is 88.8 Å². The minimum atomic E-state index is 0.535. The van der Waals surface area contributed by atoms with E-state index in [1.54, 1.807) is 11.1 Å². The van der Waals surface area contributed by atoms with Gasteiger partial charge in [0.1, 0.15) is 0 Å². The smallest absolute Gasteiger partial charge is 0.0903 e. The molecule has 0 aromatic heterocycles. The van der Waals surface area contributed by atoms with E-state index in [0.29, 0.717) is 6.10 Å². The molecule has 1 aliphatic heterocycles. The first-order valence-electron chi connectivity index (χ1n) is 5.28. The van der Waals surface area contributed by atoms with Crippen molar-refractivity contribution in [3.05, 3.63) is 29.3 Å². The fraction of sp³-hybridized carbons (Fsp3) is 0.500. The SMILES string of the molecule is c1cc2c(cc1SC[C@@H]1CO1)CCC2. The molecule has 1 nitrogen and oxygen atoms in total. The van der Waals surface area contributed by atoms with Crippen LogP contribution in [-0.2, 0) is 17.6 Å². The molecule has 3 rings (SSSR count). The first kappa shape index (κ1) is 8.81. The molecule has 0 unspecified atom stereocenters. The average Bonchev–Trinajstić information content (AvgIpc) is 2.92. The van der Waals surface area contributed by atoms with Crippen LogP contribution >= 0.6 is 11.8 Å². The normalized spacial score (nSPS) is 23.6. The van der Waals surface area contributed by atoms with Gasteiger partial charge in [0.05, 0.1) is 12.7 Å². The minimum absolute atomic E-state index is 0.535. The van der Waals surface area contributed by atoms with Gasteiger partial charge >= 0.3 is 0 Å². The van der Waals surface area contributed by atoms with Crippen LogP contribution in [0.3, 0.4) is 0 Å². The van der Waals surface area contributed by atoms with Gasteiger partial charge in [0, 0.05) is 10.6 Å². The summed E-state index contributed by atoms with van der Waals surface area (Å²) in [6.45, 7) is 0.970. The van der Waals surface area contributed by atoms with E-state index in [1.165, 1.54) is 24.2 Å². The van der Waals surface area contributed by atoms with Gasteiger partial charge in [-0.15, -0.1) is 11.8 Å². The molecule has 0 spiro atoms. The second kappa shape index (κ2) is 3.59. The first-order chi connectivity index (χ1) is 6.92. The van der Waals surface area contributed by atoms with Crippen molar-refractivity contribution in [2.75, 3.05) is 12.4 Å². The predicted molar refractivity (Wildman–Crippen MR) is 58.9 cm³/mol. The summed E-state index contributed by atoms with van der Waals surface area (Å²) < 4.78 is 5.20. The summed E-state index contributed by atoms with van der Waals surface area (Å²) in [4.78, 5) is 1.42. The Morgan fingerprint density at radius 2 is 2.14 bits per heavy atom. The van der Waals surface area contributed by atoms with Crippen molar-refractivity contribution in [3.63, 3.8) is 0 Å². The summed E-state index contributed by atoms with van der Waals surface area (Å²) in [7, 11) is 0. The molecule has 0 bridgehead atoms. The van der Waals surface area contributed by atoms with E-state index >= 15 is 0 Å². The molecule has 1 heterocycles. The number of ether oxygens (including phenoxy) is 1. The third-order valence-electron chi connectivity index (χ3n) is 2.91. The zero-order valence-corrected chi connectivity index (χ0v) is 8.98. The van der Waals surface area contributed by atoms with E-state index in [1.807, 2.05) is 11.8 Å². The highest BCUT2D eigenvalue weighted by Gasteiger charge is 2.22. The second-order valence-corrected chi connectivity index (χ2v) is 5.14. The van der Waals surface area contributed by atoms with Crippen molar-refractivity contribution in [1.82, 2.24) is 0 Å². The fourth-order valence-corrected chi connectivity index (χ4v) is 2.95. The van der Waals surface area contributed by atoms with Crippen molar-refractivity contribution in [3.8, 4) is 0 Å². The van der Waals surface area contributed by atoms with Gasteiger partial charge in [-0.05, 0) is 42.5 Å². The number of epoxide rings is 1. The highest BCUT2D eigenvalue weighted by atomic mass is 32.2. The van der Waals surface area contributed by atoms with Crippen LogP contribution < -0.4 is 0 Å². The Bertz CT molecular complexity index is 344. The Morgan fingerprint density at radius 3 is 3.00 bits per heavy atom. The molecule has 0 N–H and O–H groups in total. The zero-order chi connectivity index (χ0) is 9.38. The number of thioether (sulfide) groups is 1. The van der Waals surface area contributed by atoms with Crippen molar-refractivity contribution in [1.29, 1.82) is 0 Å². The predicted octanol–water partition coefficient (Wildman–Crippen LogP) is 2.67. The van der Waals surface area contributed by atoms with E-state index in [0.717, 1.165) is 12.4 Å². The molecular formula is C12H14OS. The molecule has 1 aromatic carbocycles. The maximum atomic E-state index is 5.20. The number of fused-ring (bicyclic) bond motifs is 1. The van der Waals surface area contributed by atoms with E-state index in [9.17, 15) is 0 Å². The van der Waals surface area contributed by atoms with E-state index in [2.05, 4.69) is 18.2 Å². The lowest BCUT2D eigenvalue weighted by Crippen LogP contribution is -1.89. The van der Waals surface area contributed by atoms with Gasteiger partial charge < -0.3 is 4.74 Å². The highest BCUT2D eigenvalue weighted by molar-refractivity contribution is 7.99. The van der Waals surface area contributed by atoms with Gasteiger partial charge in [-0.1, -0.05) is 6.07 Å². The molecule has 1 aliphatic carbocycles. The van der Waals surface area contributed by atoms with Crippen molar-refractivity contribution in [2.24, 2.45) is 0 Å². The number of hydrogen-bond donors (Lipinski definition) is 0. The average molecular weight is 206 g/mol. The lowest BCUT2D eigenvalue weighted by molar-refractivity contribution is 0.426. The number of rotatable bonds is 3. The second-order valence-electron chi connectivity index (χ2n) is 4.05. The number of hydrogen-bond acceptors (Lipinski definition) is 2. The van der Waals surface area contributed by atoms with Crippen LogP contribution in [0.25, 0.3) is 0 Å². The molecule has 1 atom stereocenters. The van der Waals surface area contributed by atoms with E-state index in [-0.39, 0.29) is 0 Å². The third-order valence-corrected chi connectivity index (χ3v) is 4.03. The molecule has 0 saturated carbocycles. The van der Waals surface area contributed by atoms with Gasteiger partial charge in [0.25, 0.3) is 0 Å². The molecule has 1 aromatic rings. The van der Waals surface area contributed by atoms with Gasteiger partial charge in [0.15, 0.2) is 0 Å². The van der Waals surface area contributed by atoms with E-state index in [4.69, 9.17) is 4.74 Å². The summed E-state index contributed by atoms with van der Waals surface area (Å²) in [5.41, 5.74) is 3.14. The van der Waals surface area contributed by atoms with Gasteiger partial charge in [-0.3, -0.25) is 0 Å². The van der Waals surface area contributed by atoms with Crippen LogP contribution in [0, 0.1) is 0 Å². The van der Waals surface area contributed by atoms with Crippen molar-refractivity contribution in [2.45, 2.75) is 30.3 Å². The van der Waals surface area contributed by atoms with Gasteiger partial charge in [-0.2, -0.15) is 0 Å². The van der Waals surface area contributed by atoms with Crippen LogP contribution in [0.15, 0.2) is 23.1 Å². The van der Waals surface area contributed by atoms with Crippen LogP contribution in [0.5, 0.6) is 0 Å². The molecular weight excluding hydrogens is 192 g/mol. The third kappa shape index (κ3) is 1.82. The number of aryl methyl sites for hydroxylation is 2. The standard InChI is InChI=1S/C12H14OS/c1-2-9-4-5-12(6-10(9)3-1)14-8-11-7-13-11/h4-6,11H,1-3,7-8H2/t11-/m0/s1. The Balaban J connectivity index is 1.71. The maximum Gasteiger partial charge on any atom is 0.0903 e. The zero-order valence-electron chi connectivity index (χ0n) is 8.16. The number of benzene rings is 1. The van der Waals surface area contributed by atoms with Crippen LogP contribution in [0.4, 0.5) is 0 Å². The monoisotopic (exact) mass is 206 g/mol. The summed E-state index contributed by atoms with van der Waals surface area (Å²) in [6.07, 6.45) is 4.44. The molecule has 1 saturated heterocycles. The van der Waals surface area contributed by atoms with Crippen molar-refractivity contribution >= 4 is 11.8 Å². The summed E-state index contributed by atoms with van der Waals surface area (Å²) in [5, 5.41) is 0. The van der Waals surface area contributed by atoms with Gasteiger partial charge in [-0.25, -0.2) is 0 Å². The molecule has 1 fully saturated rings. The Hall–Kier alpha value is -0.470. The summed E-state index contributed by atoms with van der Waals surface area (Å²) in [5.74, 6) is 1.12. The molecule has 2 heteroatoms. The first-order valence-corrected chi connectivity index (χ1v) is 6.26. The molecule has 0 radical (unpaired) electrons. The fourth-order valence-electron chi connectivity index (χ4n) is 1.99. The minimum Gasteiger partial charge on any atom is -0.372 e. The molecule has 2 aliphatic rings. The molecule has 14 heavy (non-hydrogen) atoms.